The number of nitrogens with zero attached hydrogens (tertiary/aromatic N) is 1. The first-order chi connectivity index (χ1) is 15.7. The number of allylic oxidation sites excluding steroid dienone is 1. The summed E-state index contributed by atoms with van der Waals surface area (Å²) >= 11 is 0. The topological polar surface area (TPSA) is 14.1 Å². The van der Waals surface area contributed by atoms with Crippen LogP contribution in [0.2, 0.25) is 0 Å². The van der Waals surface area contributed by atoms with Gasteiger partial charge < -0.3 is 0 Å². The summed E-state index contributed by atoms with van der Waals surface area (Å²) in [5.41, 5.74) is -2.10. The molecule has 1 aliphatic rings. The third-order valence-electron chi connectivity index (χ3n) is 5.27. The lowest BCUT2D eigenvalue weighted by molar-refractivity contribution is -0.143. The van der Waals surface area contributed by atoms with Crippen LogP contribution in [0.5, 0.6) is 0 Å². The fourth-order valence-electron chi connectivity index (χ4n) is 3.66. The fourth-order valence-corrected chi connectivity index (χ4v) is 3.66. The van der Waals surface area contributed by atoms with Crippen LogP contribution < -0.4 is 5.32 Å². The lowest BCUT2D eigenvalue weighted by atomic mass is 9.93. The second kappa shape index (κ2) is 8.11. The van der Waals surface area contributed by atoms with Gasteiger partial charge in [0.05, 0.1) is 22.4 Å². The van der Waals surface area contributed by atoms with Crippen LogP contribution in [0, 0.1) is 0 Å². The maximum absolute atomic E-state index is 13.2. The largest absolute Gasteiger partial charge is 0.416 e. The van der Waals surface area contributed by atoms with Gasteiger partial charge in [-0.3, -0.25) is 5.32 Å². The highest BCUT2D eigenvalue weighted by Crippen LogP contribution is 2.40. The molecule has 0 N–H and O–H groups in total. The van der Waals surface area contributed by atoms with E-state index in [2.05, 4.69) is 5.32 Å². The van der Waals surface area contributed by atoms with Gasteiger partial charge in [0.2, 0.25) is 0 Å². The highest BCUT2D eigenvalue weighted by molar-refractivity contribution is 5.84. The molecule has 0 saturated heterocycles. The van der Waals surface area contributed by atoms with E-state index in [1.165, 1.54) is 30.5 Å². The molecule has 1 nitrogen and oxygen atoms in total. The Morgan fingerprint density at radius 2 is 1.18 bits per heavy atom. The first-order valence-electron chi connectivity index (χ1n) is 9.72. The maximum Gasteiger partial charge on any atom is 0.416 e. The van der Waals surface area contributed by atoms with E-state index in [9.17, 15) is 39.5 Å². The van der Waals surface area contributed by atoms with Crippen LogP contribution in [0.25, 0.3) is 16.7 Å². The maximum atomic E-state index is 13.2. The molecule has 0 unspecified atom stereocenters. The predicted octanol–water partition coefficient (Wildman–Crippen LogP) is 8.24. The molecule has 1 heterocycles. The van der Waals surface area contributed by atoms with Crippen molar-refractivity contribution in [3.05, 3.63) is 94.7 Å². The van der Waals surface area contributed by atoms with Crippen LogP contribution in [0.1, 0.15) is 27.8 Å². The molecule has 4 rings (SSSR count). The Morgan fingerprint density at radius 1 is 0.588 bits per heavy atom. The molecule has 1 aliphatic heterocycles. The number of alkyl halides is 9. The second-order valence-electron chi connectivity index (χ2n) is 7.68. The Labute approximate surface area is 187 Å². The minimum absolute atomic E-state index is 0.0522. The van der Waals surface area contributed by atoms with Crippen LogP contribution >= 0.6 is 0 Å². The van der Waals surface area contributed by atoms with Crippen molar-refractivity contribution in [1.82, 2.24) is 5.32 Å². The third kappa shape index (κ3) is 4.90. The van der Waals surface area contributed by atoms with Crippen molar-refractivity contribution in [2.45, 2.75) is 24.9 Å². The van der Waals surface area contributed by atoms with Gasteiger partial charge in [0, 0.05) is 11.8 Å². The van der Waals surface area contributed by atoms with Gasteiger partial charge in [-0.2, -0.15) is 39.5 Å². The van der Waals surface area contributed by atoms with Gasteiger partial charge in [-0.15, -0.1) is 0 Å². The Bertz CT molecular complexity index is 1230. The van der Waals surface area contributed by atoms with E-state index >= 15 is 0 Å². The quantitative estimate of drug-likeness (QED) is 0.331. The Balaban J connectivity index is 1.70. The average molecular weight is 486 g/mol. The lowest BCUT2D eigenvalue weighted by Gasteiger charge is -2.15. The van der Waals surface area contributed by atoms with Gasteiger partial charge in [0.15, 0.2) is 0 Å². The molecule has 0 spiro atoms. The Morgan fingerprint density at radius 3 is 1.76 bits per heavy atom. The zero-order chi connectivity index (χ0) is 24.9. The lowest BCUT2D eigenvalue weighted by Crippen LogP contribution is -2.12. The smallest absolute Gasteiger partial charge is 0.256 e. The molecule has 0 bridgehead atoms. The van der Waals surface area contributed by atoms with Crippen LogP contribution in [0.15, 0.2) is 66.9 Å². The summed E-state index contributed by atoms with van der Waals surface area (Å²) in [6.45, 7) is 0. The van der Waals surface area contributed by atoms with Crippen LogP contribution in [0.4, 0.5) is 45.2 Å². The number of fused-ring (bicyclic) bond motifs is 1. The van der Waals surface area contributed by atoms with E-state index in [4.69, 9.17) is 0 Å². The number of halogens is 9. The monoisotopic (exact) mass is 486 g/mol. The minimum Gasteiger partial charge on any atom is -0.256 e. The van der Waals surface area contributed by atoms with Gasteiger partial charge in [0.1, 0.15) is 0 Å². The molecule has 3 aromatic carbocycles. The molecular weight excluding hydrogens is 473 g/mol. The van der Waals surface area contributed by atoms with E-state index < -0.39 is 35.2 Å². The normalized spacial score (nSPS) is 14.0. The molecule has 0 aromatic heterocycles. The van der Waals surface area contributed by atoms with Crippen LogP contribution in [0.3, 0.4) is 0 Å². The van der Waals surface area contributed by atoms with Crippen molar-refractivity contribution in [2.75, 3.05) is 0 Å². The van der Waals surface area contributed by atoms with Crippen molar-refractivity contribution < 1.29 is 39.5 Å². The molecule has 0 atom stereocenters. The summed E-state index contributed by atoms with van der Waals surface area (Å²) < 4.78 is 118. The van der Waals surface area contributed by atoms with Gasteiger partial charge in [-0.05, 0) is 71.1 Å². The fraction of sp³-hybridized carbons (Fsp3) is 0.167. The van der Waals surface area contributed by atoms with E-state index in [0.717, 1.165) is 12.1 Å². The standard InChI is InChI=1S/C24H13F9N/c25-22(26,27)17-3-1-2-14(9-17)15-4-5-21-20(10-15)16(12-34-21)6-13-7-18(23(28,29)30)11-19(8-13)24(31,32)33/h1-5,7-12H,6H2. The predicted molar refractivity (Wildman–Crippen MR) is 107 cm³/mol. The highest BCUT2D eigenvalue weighted by atomic mass is 19.4. The molecule has 10 heteroatoms. The molecule has 3 aromatic rings. The van der Waals surface area contributed by atoms with Gasteiger partial charge in [0.25, 0.3) is 0 Å². The number of benzene rings is 3. The summed E-state index contributed by atoms with van der Waals surface area (Å²) in [4.78, 5) is 0. The minimum atomic E-state index is -4.97. The molecule has 0 saturated carbocycles. The highest BCUT2D eigenvalue weighted by Gasteiger charge is 2.37. The van der Waals surface area contributed by atoms with Crippen molar-refractivity contribution in [3.8, 4) is 11.1 Å². The number of hydrogen-bond acceptors (Lipinski definition) is 0. The first kappa shape index (κ1) is 23.7. The zero-order valence-corrected chi connectivity index (χ0v) is 16.9. The summed E-state index contributed by atoms with van der Waals surface area (Å²) in [6, 6.07) is 10.5. The van der Waals surface area contributed by atoms with Gasteiger partial charge >= 0.3 is 18.5 Å². The molecule has 177 valence electrons. The molecule has 1 radical (unpaired) electrons. The van der Waals surface area contributed by atoms with Crippen molar-refractivity contribution >= 4 is 11.3 Å². The molecule has 0 fully saturated rings. The summed E-state index contributed by atoms with van der Waals surface area (Å²) in [5.74, 6) is 0. The van der Waals surface area contributed by atoms with E-state index in [1.807, 2.05) is 0 Å². The van der Waals surface area contributed by atoms with Crippen LogP contribution in [-0.2, 0) is 24.9 Å². The Hall–Kier alpha value is -3.43. The molecule has 34 heavy (non-hydrogen) atoms. The van der Waals surface area contributed by atoms with E-state index in [1.54, 1.807) is 6.07 Å². The van der Waals surface area contributed by atoms with Gasteiger partial charge in [-0.25, -0.2) is 0 Å². The molecular formula is C24H13F9N. The summed E-state index contributed by atoms with van der Waals surface area (Å²) in [7, 11) is 0. The summed E-state index contributed by atoms with van der Waals surface area (Å²) in [5, 5.41) is 4.12. The third-order valence-corrected chi connectivity index (χ3v) is 5.27. The molecule has 0 amide bonds. The Kier molecular flexibility index (Phi) is 5.65. The van der Waals surface area contributed by atoms with Crippen LogP contribution in [-0.4, -0.2) is 0 Å². The SMILES string of the molecule is FC(F)(F)c1cccc(-c2ccc3c(c2)C(Cc2cc(C(F)(F)F)cc(C(F)(F)F)c2)=C[N]3)c1. The van der Waals surface area contributed by atoms with Gasteiger partial charge in [-0.1, -0.05) is 18.2 Å². The summed E-state index contributed by atoms with van der Waals surface area (Å²) in [6.07, 6.45) is -13.4. The second-order valence-corrected chi connectivity index (χ2v) is 7.68. The van der Waals surface area contributed by atoms with E-state index in [-0.39, 0.29) is 23.6 Å². The zero-order valence-electron chi connectivity index (χ0n) is 16.9. The first-order valence-corrected chi connectivity index (χ1v) is 9.72. The number of hydrogen-bond donors (Lipinski definition) is 0. The molecule has 0 aliphatic carbocycles. The van der Waals surface area contributed by atoms with E-state index in [0.29, 0.717) is 34.5 Å². The van der Waals surface area contributed by atoms with Crippen molar-refractivity contribution in [1.29, 1.82) is 0 Å². The number of rotatable bonds is 3. The average Bonchev–Trinajstić information content (AvgIpc) is 3.14. The van der Waals surface area contributed by atoms with Crippen molar-refractivity contribution in [3.63, 3.8) is 0 Å². The van der Waals surface area contributed by atoms with Crippen molar-refractivity contribution in [2.24, 2.45) is 0 Å².